The maximum Gasteiger partial charge on any atom is 0.323 e. The first kappa shape index (κ1) is 19.3. The zero-order valence-corrected chi connectivity index (χ0v) is 16.3. The van der Waals surface area contributed by atoms with E-state index in [1.807, 2.05) is 48.5 Å². The Bertz CT molecular complexity index is 614. The Labute approximate surface area is 160 Å². The molecule has 0 spiro atoms. The molecule has 2 aromatic carbocycles. The summed E-state index contributed by atoms with van der Waals surface area (Å²) in [5.41, 5.74) is 2.14. The third kappa shape index (κ3) is 5.49. The second kappa shape index (κ2) is 9.42. The van der Waals surface area contributed by atoms with E-state index in [1.54, 1.807) is 0 Å². The van der Waals surface area contributed by atoms with Crippen LogP contribution < -0.4 is 0 Å². The molecule has 6 heteroatoms. The molecule has 0 heterocycles. The van der Waals surface area contributed by atoms with Gasteiger partial charge in [0.2, 0.25) is 0 Å². The van der Waals surface area contributed by atoms with E-state index in [9.17, 15) is 4.79 Å². The van der Waals surface area contributed by atoms with Gasteiger partial charge in [-0.25, -0.2) is 0 Å². The molecule has 128 valence electrons. The highest BCUT2D eigenvalue weighted by molar-refractivity contribution is 9.09. The average molecular weight is 431 g/mol. The van der Waals surface area contributed by atoms with Crippen molar-refractivity contribution in [2.24, 2.45) is 0 Å². The van der Waals surface area contributed by atoms with Crippen LogP contribution in [0.1, 0.15) is 11.1 Å². The summed E-state index contributed by atoms with van der Waals surface area (Å²) >= 11 is 15.3. The Balaban J connectivity index is 2.23. The van der Waals surface area contributed by atoms with Gasteiger partial charge in [0.05, 0.1) is 7.11 Å². The zero-order chi connectivity index (χ0) is 17.5. The first-order valence-electron chi connectivity index (χ1n) is 7.40. The number of esters is 1. The lowest BCUT2D eigenvalue weighted by molar-refractivity contribution is -0.146. The maximum atomic E-state index is 12.1. The van der Waals surface area contributed by atoms with Crippen LogP contribution in [0.15, 0.2) is 48.5 Å². The highest BCUT2D eigenvalue weighted by atomic mass is 79.9. The molecule has 2 aromatic rings. The van der Waals surface area contributed by atoms with E-state index in [2.05, 4.69) is 20.8 Å². The molecule has 0 aliphatic heterocycles. The highest BCUT2D eigenvalue weighted by Crippen LogP contribution is 2.19. The molecule has 0 aliphatic rings. The SMILES string of the molecule is COC(=O)C(CBr)N(Cc1ccc(Cl)cc1)Cc1ccc(Cl)cc1. The molecule has 0 aromatic heterocycles. The average Bonchev–Trinajstić information content (AvgIpc) is 2.59. The molecule has 3 nitrogen and oxygen atoms in total. The summed E-state index contributed by atoms with van der Waals surface area (Å²) in [5.74, 6) is -0.269. The predicted molar refractivity (Wildman–Crippen MR) is 102 cm³/mol. The van der Waals surface area contributed by atoms with Gasteiger partial charge in [-0.1, -0.05) is 63.4 Å². The van der Waals surface area contributed by atoms with Crippen LogP contribution >= 0.6 is 39.1 Å². The second-order valence-corrected chi connectivity index (χ2v) is 6.87. The molecule has 0 saturated heterocycles. The number of nitrogens with zero attached hydrogens (tertiary/aromatic N) is 1. The largest absolute Gasteiger partial charge is 0.468 e. The fourth-order valence-corrected chi connectivity index (χ4v) is 3.30. The minimum atomic E-state index is -0.388. The molecule has 1 unspecified atom stereocenters. The van der Waals surface area contributed by atoms with Gasteiger partial charge in [-0.2, -0.15) is 0 Å². The molecule has 0 saturated carbocycles. The van der Waals surface area contributed by atoms with Gasteiger partial charge in [-0.3, -0.25) is 9.69 Å². The topological polar surface area (TPSA) is 29.5 Å². The van der Waals surface area contributed by atoms with Crippen molar-refractivity contribution in [3.63, 3.8) is 0 Å². The monoisotopic (exact) mass is 429 g/mol. The lowest BCUT2D eigenvalue weighted by atomic mass is 10.1. The fourth-order valence-electron chi connectivity index (χ4n) is 2.37. The molecule has 24 heavy (non-hydrogen) atoms. The third-order valence-electron chi connectivity index (χ3n) is 3.66. The summed E-state index contributed by atoms with van der Waals surface area (Å²) in [6.07, 6.45) is 0. The number of hydrogen-bond donors (Lipinski definition) is 0. The van der Waals surface area contributed by atoms with Crippen LogP contribution in [0.25, 0.3) is 0 Å². The van der Waals surface area contributed by atoms with E-state index in [1.165, 1.54) is 7.11 Å². The molecule has 2 rings (SSSR count). The molecular formula is C18H18BrCl2NO2. The highest BCUT2D eigenvalue weighted by Gasteiger charge is 2.26. The summed E-state index contributed by atoms with van der Waals surface area (Å²) in [4.78, 5) is 14.2. The zero-order valence-electron chi connectivity index (χ0n) is 13.2. The van der Waals surface area contributed by atoms with E-state index >= 15 is 0 Å². The Morgan fingerprint density at radius 1 is 1.00 bits per heavy atom. The van der Waals surface area contributed by atoms with Gasteiger partial charge in [0, 0.05) is 28.5 Å². The molecule has 0 aliphatic carbocycles. The number of rotatable bonds is 7. The van der Waals surface area contributed by atoms with Gasteiger partial charge in [0.25, 0.3) is 0 Å². The lowest BCUT2D eigenvalue weighted by Gasteiger charge is -2.29. The Morgan fingerprint density at radius 3 is 1.75 bits per heavy atom. The first-order valence-corrected chi connectivity index (χ1v) is 9.28. The summed E-state index contributed by atoms with van der Waals surface area (Å²) in [7, 11) is 1.40. The Hall–Kier alpha value is -1.07. The molecule has 0 amide bonds. The van der Waals surface area contributed by atoms with Crippen molar-refractivity contribution < 1.29 is 9.53 Å². The predicted octanol–water partition coefficient (Wildman–Crippen LogP) is 4.93. The normalized spacial score (nSPS) is 12.2. The number of carbonyl (C=O) groups excluding carboxylic acids is 1. The van der Waals surface area contributed by atoms with Crippen molar-refractivity contribution in [3.05, 3.63) is 69.7 Å². The molecule has 0 fully saturated rings. The van der Waals surface area contributed by atoms with Gasteiger partial charge in [-0.15, -0.1) is 0 Å². The number of halogens is 3. The molecule has 1 atom stereocenters. The quantitative estimate of drug-likeness (QED) is 0.460. The van der Waals surface area contributed by atoms with Crippen molar-refractivity contribution in [1.82, 2.24) is 4.90 Å². The van der Waals surface area contributed by atoms with Crippen molar-refractivity contribution in [2.45, 2.75) is 19.1 Å². The molecule has 0 N–H and O–H groups in total. The van der Waals surface area contributed by atoms with Crippen LogP contribution in [0, 0.1) is 0 Å². The molecular weight excluding hydrogens is 413 g/mol. The van der Waals surface area contributed by atoms with E-state index in [-0.39, 0.29) is 12.0 Å². The van der Waals surface area contributed by atoms with E-state index < -0.39 is 0 Å². The number of alkyl halides is 1. The summed E-state index contributed by atoms with van der Waals surface area (Å²) in [5, 5.41) is 1.86. The number of ether oxygens (including phenoxy) is 1. The second-order valence-electron chi connectivity index (χ2n) is 5.35. The van der Waals surface area contributed by atoms with E-state index in [4.69, 9.17) is 27.9 Å². The minimum absolute atomic E-state index is 0.269. The standard InChI is InChI=1S/C18H18BrCl2NO2/c1-24-18(23)17(10-19)22(11-13-2-6-15(20)7-3-13)12-14-4-8-16(21)9-5-14/h2-9,17H,10-12H2,1H3. The van der Waals surface area contributed by atoms with Crippen molar-refractivity contribution in [2.75, 3.05) is 12.4 Å². The number of hydrogen-bond acceptors (Lipinski definition) is 3. The number of carbonyl (C=O) groups is 1. The van der Waals surface area contributed by atoms with Crippen LogP contribution in [0.2, 0.25) is 10.0 Å². The lowest BCUT2D eigenvalue weighted by Crippen LogP contribution is -2.42. The molecule has 0 radical (unpaired) electrons. The van der Waals surface area contributed by atoms with Crippen LogP contribution in [-0.4, -0.2) is 29.4 Å². The van der Waals surface area contributed by atoms with Gasteiger partial charge >= 0.3 is 5.97 Å². The van der Waals surface area contributed by atoms with Gasteiger partial charge in [-0.05, 0) is 35.4 Å². The van der Waals surface area contributed by atoms with Crippen LogP contribution in [0.3, 0.4) is 0 Å². The first-order chi connectivity index (χ1) is 11.5. The van der Waals surface area contributed by atoms with Crippen molar-refractivity contribution in [3.8, 4) is 0 Å². The third-order valence-corrected chi connectivity index (χ3v) is 4.78. The van der Waals surface area contributed by atoms with Crippen molar-refractivity contribution >= 4 is 45.1 Å². The minimum Gasteiger partial charge on any atom is -0.468 e. The van der Waals surface area contributed by atoms with E-state index in [0.29, 0.717) is 28.5 Å². The number of methoxy groups -OCH3 is 1. The number of benzene rings is 2. The fraction of sp³-hybridized carbons (Fsp3) is 0.278. The Kier molecular flexibility index (Phi) is 7.56. The van der Waals surface area contributed by atoms with Gasteiger partial charge in [0.15, 0.2) is 0 Å². The summed E-state index contributed by atoms with van der Waals surface area (Å²) < 4.78 is 4.95. The smallest absolute Gasteiger partial charge is 0.323 e. The van der Waals surface area contributed by atoms with Gasteiger partial charge < -0.3 is 4.74 Å². The van der Waals surface area contributed by atoms with Crippen LogP contribution in [0.4, 0.5) is 0 Å². The molecule has 0 bridgehead atoms. The van der Waals surface area contributed by atoms with E-state index in [0.717, 1.165) is 11.1 Å². The maximum absolute atomic E-state index is 12.1. The summed E-state index contributed by atoms with van der Waals surface area (Å²) in [6.45, 7) is 1.20. The Morgan fingerprint density at radius 2 is 1.42 bits per heavy atom. The van der Waals surface area contributed by atoms with Crippen LogP contribution in [0.5, 0.6) is 0 Å². The van der Waals surface area contributed by atoms with Gasteiger partial charge in [0.1, 0.15) is 6.04 Å². The van der Waals surface area contributed by atoms with Crippen molar-refractivity contribution in [1.29, 1.82) is 0 Å². The van der Waals surface area contributed by atoms with Crippen LogP contribution in [-0.2, 0) is 22.6 Å². The summed E-state index contributed by atoms with van der Waals surface area (Å²) in [6, 6.07) is 14.8.